The first-order valence-electron chi connectivity index (χ1n) is 6.97. The number of aromatic nitrogens is 2. The molecule has 2 aromatic heterocycles. The van der Waals surface area contributed by atoms with Gasteiger partial charge in [0.2, 0.25) is 0 Å². The third kappa shape index (κ3) is 2.05. The van der Waals surface area contributed by atoms with Crippen molar-refractivity contribution in [2.45, 2.75) is 18.8 Å². The van der Waals surface area contributed by atoms with E-state index in [1.165, 1.54) is 5.56 Å². The molecule has 0 spiro atoms. The third-order valence-corrected chi connectivity index (χ3v) is 4.30. The number of rotatable bonds is 1. The van der Waals surface area contributed by atoms with Gasteiger partial charge in [-0.1, -0.05) is 41.9 Å². The number of imidazole rings is 1. The predicted molar refractivity (Wildman–Crippen MR) is 82.0 cm³/mol. The molecule has 0 amide bonds. The fourth-order valence-corrected chi connectivity index (χ4v) is 3.25. The Hall–Kier alpha value is -2.13. The summed E-state index contributed by atoms with van der Waals surface area (Å²) in [5.74, 6) is 0.367. The monoisotopic (exact) mass is 296 g/mol. The van der Waals surface area contributed by atoms with Gasteiger partial charge in [0.15, 0.2) is 5.78 Å². The van der Waals surface area contributed by atoms with Gasteiger partial charge in [-0.25, -0.2) is 4.98 Å². The summed E-state index contributed by atoms with van der Waals surface area (Å²) < 4.78 is 1.85. The second-order valence-corrected chi connectivity index (χ2v) is 5.86. The summed E-state index contributed by atoms with van der Waals surface area (Å²) in [5, 5.41) is 0.636. The van der Waals surface area contributed by atoms with Crippen LogP contribution < -0.4 is 0 Å². The summed E-state index contributed by atoms with van der Waals surface area (Å²) in [4.78, 5) is 17.1. The van der Waals surface area contributed by atoms with Crippen LogP contribution in [0.4, 0.5) is 0 Å². The molecule has 4 rings (SSSR count). The van der Waals surface area contributed by atoms with Crippen LogP contribution in [0.15, 0.2) is 48.7 Å². The second-order valence-electron chi connectivity index (χ2n) is 5.42. The van der Waals surface area contributed by atoms with E-state index in [1.807, 2.05) is 28.8 Å². The van der Waals surface area contributed by atoms with Crippen molar-refractivity contribution in [3.8, 4) is 0 Å². The van der Waals surface area contributed by atoms with Gasteiger partial charge in [-0.3, -0.25) is 9.20 Å². The number of fused-ring (bicyclic) bond motifs is 3. The highest BCUT2D eigenvalue weighted by atomic mass is 35.5. The van der Waals surface area contributed by atoms with Crippen molar-refractivity contribution >= 4 is 23.0 Å². The highest BCUT2D eigenvalue weighted by Gasteiger charge is 2.30. The Morgan fingerprint density at radius 3 is 2.76 bits per heavy atom. The largest absolute Gasteiger partial charge is 0.297 e. The highest BCUT2D eigenvalue weighted by Crippen LogP contribution is 2.33. The third-order valence-electron chi connectivity index (χ3n) is 4.07. The topological polar surface area (TPSA) is 34.4 Å². The van der Waals surface area contributed by atoms with E-state index in [2.05, 4.69) is 17.1 Å². The molecule has 0 saturated heterocycles. The van der Waals surface area contributed by atoms with Crippen molar-refractivity contribution in [1.29, 1.82) is 0 Å². The Balaban J connectivity index is 1.82. The summed E-state index contributed by atoms with van der Waals surface area (Å²) in [6.07, 6.45) is 3.15. The molecule has 0 bridgehead atoms. The Morgan fingerprint density at radius 2 is 1.95 bits per heavy atom. The number of carbonyl (C=O) groups is 1. The Kier molecular flexibility index (Phi) is 2.82. The molecule has 3 aromatic rings. The second kappa shape index (κ2) is 4.71. The minimum Gasteiger partial charge on any atom is -0.297 e. The molecular weight excluding hydrogens is 284 g/mol. The lowest BCUT2D eigenvalue weighted by molar-refractivity contribution is 0.0958. The average Bonchev–Trinajstić information content (AvgIpc) is 2.85. The minimum absolute atomic E-state index is 0.153. The fraction of sp³-hybridized carbons (Fsp3) is 0.176. The number of pyridine rings is 1. The van der Waals surface area contributed by atoms with E-state index in [-0.39, 0.29) is 11.7 Å². The maximum Gasteiger partial charge on any atom is 0.182 e. The number of Topliss-reactive ketones (excluding diaryl/α,β-unsaturated/α-hetero) is 1. The minimum atomic E-state index is 0.153. The van der Waals surface area contributed by atoms with Crippen LogP contribution in [0.3, 0.4) is 0 Å². The first-order chi connectivity index (χ1) is 10.2. The summed E-state index contributed by atoms with van der Waals surface area (Å²) >= 11 is 6.00. The molecule has 104 valence electrons. The molecular formula is C17H13ClN2O. The molecule has 0 radical (unpaired) electrons. The molecule has 1 aliphatic carbocycles. The zero-order valence-corrected chi connectivity index (χ0v) is 12.0. The van der Waals surface area contributed by atoms with Gasteiger partial charge in [0.05, 0.1) is 5.69 Å². The van der Waals surface area contributed by atoms with Gasteiger partial charge < -0.3 is 0 Å². The van der Waals surface area contributed by atoms with Gasteiger partial charge in [-0.05, 0) is 24.0 Å². The van der Waals surface area contributed by atoms with Crippen molar-refractivity contribution in [2.24, 2.45) is 0 Å². The quantitative estimate of drug-likeness (QED) is 0.682. The van der Waals surface area contributed by atoms with Crippen molar-refractivity contribution in [3.05, 3.63) is 70.6 Å². The molecule has 1 aliphatic rings. The zero-order valence-electron chi connectivity index (χ0n) is 11.3. The lowest BCUT2D eigenvalue weighted by atomic mass is 9.84. The van der Waals surface area contributed by atoms with Crippen LogP contribution in [-0.4, -0.2) is 15.2 Å². The Labute approximate surface area is 127 Å². The molecule has 0 fully saturated rings. The molecule has 2 heterocycles. The average molecular weight is 297 g/mol. The van der Waals surface area contributed by atoms with E-state index >= 15 is 0 Å². The van der Waals surface area contributed by atoms with Gasteiger partial charge in [0.1, 0.15) is 11.3 Å². The van der Waals surface area contributed by atoms with E-state index in [0.29, 0.717) is 17.1 Å². The standard InChI is InChI=1S/C17H13ClN2O/c18-13-6-7-20-16(10-13)19-14-8-12(9-15(21)17(14)20)11-4-2-1-3-5-11/h1-7,10,12H,8-9H2. The molecule has 0 aliphatic heterocycles. The van der Waals surface area contributed by atoms with Crippen LogP contribution >= 0.6 is 11.6 Å². The zero-order chi connectivity index (χ0) is 14.4. The van der Waals surface area contributed by atoms with Gasteiger partial charge in [0, 0.05) is 23.7 Å². The molecule has 1 atom stereocenters. The molecule has 1 unspecified atom stereocenters. The maximum atomic E-state index is 12.5. The van der Waals surface area contributed by atoms with Crippen LogP contribution in [0, 0.1) is 0 Å². The van der Waals surface area contributed by atoms with Gasteiger partial charge in [0.25, 0.3) is 0 Å². The van der Waals surface area contributed by atoms with E-state index in [0.717, 1.165) is 17.8 Å². The van der Waals surface area contributed by atoms with Crippen molar-refractivity contribution in [2.75, 3.05) is 0 Å². The van der Waals surface area contributed by atoms with Crippen LogP contribution in [0.2, 0.25) is 5.02 Å². The maximum absolute atomic E-state index is 12.5. The molecule has 0 N–H and O–H groups in total. The number of hydrogen-bond donors (Lipinski definition) is 0. The van der Waals surface area contributed by atoms with Crippen LogP contribution in [0.25, 0.3) is 5.65 Å². The number of hydrogen-bond acceptors (Lipinski definition) is 2. The SMILES string of the molecule is O=C1CC(c2ccccc2)Cc2nc3cc(Cl)ccn3c21. The predicted octanol–water partition coefficient (Wildman–Crippen LogP) is 3.90. The highest BCUT2D eigenvalue weighted by molar-refractivity contribution is 6.30. The number of halogens is 1. The van der Waals surface area contributed by atoms with Gasteiger partial charge >= 0.3 is 0 Å². The molecule has 0 saturated carbocycles. The molecule has 4 heteroatoms. The van der Waals surface area contributed by atoms with Gasteiger partial charge in [-0.15, -0.1) is 0 Å². The smallest absolute Gasteiger partial charge is 0.182 e. The van der Waals surface area contributed by atoms with E-state index < -0.39 is 0 Å². The van der Waals surface area contributed by atoms with Crippen LogP contribution in [0.5, 0.6) is 0 Å². The lowest BCUT2D eigenvalue weighted by Crippen LogP contribution is -2.19. The lowest BCUT2D eigenvalue weighted by Gasteiger charge is -2.21. The summed E-state index contributed by atoms with van der Waals surface area (Å²) in [6.45, 7) is 0. The van der Waals surface area contributed by atoms with Gasteiger partial charge in [-0.2, -0.15) is 0 Å². The molecule has 21 heavy (non-hydrogen) atoms. The number of benzene rings is 1. The number of carbonyl (C=O) groups excluding carboxylic acids is 1. The Bertz CT molecular complexity index is 839. The number of nitrogens with zero attached hydrogens (tertiary/aromatic N) is 2. The first-order valence-corrected chi connectivity index (χ1v) is 7.35. The molecule has 1 aromatic carbocycles. The Morgan fingerprint density at radius 1 is 1.14 bits per heavy atom. The normalized spacial score (nSPS) is 18.0. The molecule has 3 nitrogen and oxygen atoms in total. The first kappa shape index (κ1) is 12.6. The van der Waals surface area contributed by atoms with E-state index in [4.69, 9.17) is 11.6 Å². The van der Waals surface area contributed by atoms with Crippen LogP contribution in [0.1, 0.15) is 34.1 Å². The van der Waals surface area contributed by atoms with E-state index in [1.54, 1.807) is 12.1 Å². The van der Waals surface area contributed by atoms with Crippen molar-refractivity contribution < 1.29 is 4.79 Å². The van der Waals surface area contributed by atoms with E-state index in [9.17, 15) is 4.79 Å². The van der Waals surface area contributed by atoms with Crippen LogP contribution in [-0.2, 0) is 6.42 Å². The van der Waals surface area contributed by atoms with Crippen molar-refractivity contribution in [3.63, 3.8) is 0 Å². The fourth-order valence-electron chi connectivity index (χ4n) is 3.09. The summed E-state index contributed by atoms with van der Waals surface area (Å²) in [7, 11) is 0. The number of ketones is 1. The van der Waals surface area contributed by atoms with Crippen molar-refractivity contribution in [1.82, 2.24) is 9.38 Å². The summed E-state index contributed by atoms with van der Waals surface area (Å²) in [5.41, 5.74) is 3.54. The summed E-state index contributed by atoms with van der Waals surface area (Å²) in [6, 6.07) is 13.8.